The number of hydrogen-bond acceptors (Lipinski definition) is 4. The molecule has 0 aromatic rings. The van der Waals surface area contributed by atoms with Gasteiger partial charge in [0.1, 0.15) is 0 Å². The second-order valence-corrected chi connectivity index (χ2v) is 16.5. The molecule has 6 aliphatic rings. The summed E-state index contributed by atoms with van der Waals surface area (Å²) in [6.45, 7) is 13.4. The Morgan fingerprint density at radius 1 is 1.08 bits per heavy atom. The number of allylic oxidation sites excluding steroid dienone is 1. The Morgan fingerprint density at radius 3 is 2.61 bits per heavy atom. The standard InChI is InChI=1S/C30H50N2O3S/c1-18-13-26-27(31-17-18)20(3)30(35-26)12-9-22-23-8-10-28(4)16-21(32-36(6,33)34)7-11-29(28,5)25(23)14-24(22)19(2)15-30/h18,20-23,25-27,31-32H,7-17H2,1-6H3/t18-,20+,21+,22-,23-,25-,26+,27-,28+,29+,30-/m0/s1. The number of fused-ring (bicyclic) bond motifs is 6. The quantitative estimate of drug-likeness (QED) is 0.479. The van der Waals surface area contributed by atoms with Gasteiger partial charge in [-0.15, -0.1) is 0 Å². The minimum absolute atomic E-state index is 0.0196. The van der Waals surface area contributed by atoms with Gasteiger partial charge in [-0.1, -0.05) is 38.8 Å². The first-order chi connectivity index (χ1) is 16.8. The molecule has 5 nitrogen and oxygen atoms in total. The number of ether oxygens (including phenoxy) is 1. The predicted molar refractivity (Wildman–Crippen MR) is 145 cm³/mol. The number of nitrogens with one attached hydrogen (secondary N) is 2. The third kappa shape index (κ3) is 3.90. The molecule has 4 aliphatic carbocycles. The second-order valence-electron chi connectivity index (χ2n) is 14.7. The molecule has 2 N–H and O–H groups in total. The van der Waals surface area contributed by atoms with Gasteiger partial charge < -0.3 is 10.1 Å². The van der Waals surface area contributed by atoms with E-state index in [4.69, 9.17) is 4.74 Å². The molecule has 2 saturated heterocycles. The van der Waals surface area contributed by atoms with Gasteiger partial charge in [-0.05, 0) is 112 Å². The molecule has 5 fully saturated rings. The molecule has 204 valence electrons. The first-order valence-electron chi connectivity index (χ1n) is 14.9. The molecular weight excluding hydrogens is 468 g/mol. The van der Waals surface area contributed by atoms with E-state index in [0.29, 0.717) is 29.4 Å². The van der Waals surface area contributed by atoms with E-state index in [1.807, 2.05) is 0 Å². The fourth-order valence-corrected chi connectivity index (χ4v) is 11.4. The van der Waals surface area contributed by atoms with Gasteiger partial charge in [-0.2, -0.15) is 0 Å². The Hall–Kier alpha value is -0.430. The van der Waals surface area contributed by atoms with Crippen molar-refractivity contribution < 1.29 is 13.2 Å². The van der Waals surface area contributed by atoms with Crippen molar-refractivity contribution in [2.45, 2.75) is 123 Å². The number of hydrogen-bond donors (Lipinski definition) is 2. The van der Waals surface area contributed by atoms with Gasteiger partial charge in [0.15, 0.2) is 0 Å². The summed E-state index contributed by atoms with van der Waals surface area (Å²) in [7, 11) is -3.15. The highest BCUT2D eigenvalue weighted by Crippen LogP contribution is 2.69. The van der Waals surface area contributed by atoms with Crippen LogP contribution in [-0.4, -0.2) is 45.0 Å². The van der Waals surface area contributed by atoms with Gasteiger partial charge in [0, 0.05) is 18.0 Å². The summed E-state index contributed by atoms with van der Waals surface area (Å²) in [5, 5.41) is 3.86. The normalized spacial score (nSPS) is 52.9. The van der Waals surface area contributed by atoms with Gasteiger partial charge in [-0.25, -0.2) is 13.1 Å². The summed E-state index contributed by atoms with van der Waals surface area (Å²) in [4.78, 5) is 0. The maximum Gasteiger partial charge on any atom is 0.208 e. The predicted octanol–water partition coefficient (Wildman–Crippen LogP) is 5.42. The molecular formula is C30H50N2O3S. The Morgan fingerprint density at radius 2 is 1.86 bits per heavy atom. The summed E-state index contributed by atoms with van der Waals surface area (Å²) in [6, 6.07) is 0.623. The number of rotatable bonds is 2. The minimum Gasteiger partial charge on any atom is -0.369 e. The van der Waals surface area contributed by atoms with E-state index in [0.717, 1.165) is 50.0 Å². The monoisotopic (exact) mass is 518 g/mol. The summed E-state index contributed by atoms with van der Waals surface area (Å²) in [5.74, 6) is 3.54. The van der Waals surface area contributed by atoms with Gasteiger partial charge in [0.25, 0.3) is 0 Å². The maximum atomic E-state index is 12.0. The van der Waals surface area contributed by atoms with Gasteiger partial charge >= 0.3 is 0 Å². The largest absolute Gasteiger partial charge is 0.369 e. The van der Waals surface area contributed by atoms with Crippen LogP contribution in [0.15, 0.2) is 11.1 Å². The summed E-state index contributed by atoms with van der Waals surface area (Å²) in [6.07, 6.45) is 13.5. The van der Waals surface area contributed by atoms with Crippen LogP contribution in [-0.2, 0) is 14.8 Å². The van der Waals surface area contributed by atoms with Crippen LogP contribution in [0.25, 0.3) is 0 Å². The third-order valence-corrected chi connectivity index (χ3v) is 13.5. The van der Waals surface area contributed by atoms with Gasteiger partial charge in [-0.3, -0.25) is 0 Å². The molecule has 11 atom stereocenters. The van der Waals surface area contributed by atoms with Crippen LogP contribution >= 0.6 is 0 Å². The Labute approximate surface area is 220 Å². The van der Waals surface area contributed by atoms with E-state index in [1.165, 1.54) is 44.8 Å². The van der Waals surface area contributed by atoms with Gasteiger partial charge in [0.05, 0.1) is 18.0 Å². The fraction of sp³-hybridized carbons (Fsp3) is 0.933. The second kappa shape index (κ2) is 8.53. The smallest absolute Gasteiger partial charge is 0.208 e. The molecule has 0 unspecified atom stereocenters. The Balaban J connectivity index is 1.24. The van der Waals surface area contributed by atoms with E-state index in [2.05, 4.69) is 44.7 Å². The fourth-order valence-electron chi connectivity index (χ4n) is 10.6. The first-order valence-corrected chi connectivity index (χ1v) is 16.8. The van der Waals surface area contributed by atoms with Crippen LogP contribution < -0.4 is 10.0 Å². The summed E-state index contributed by atoms with van der Waals surface area (Å²) in [5.41, 5.74) is 3.97. The minimum atomic E-state index is -3.15. The lowest BCUT2D eigenvalue weighted by Gasteiger charge is -2.60. The van der Waals surface area contributed by atoms with Crippen LogP contribution in [0, 0.1) is 40.4 Å². The molecule has 0 aromatic heterocycles. The van der Waals surface area contributed by atoms with Gasteiger partial charge in [0.2, 0.25) is 10.0 Å². The van der Waals surface area contributed by atoms with E-state index in [-0.39, 0.29) is 17.1 Å². The van der Waals surface area contributed by atoms with Crippen molar-refractivity contribution in [3.8, 4) is 0 Å². The maximum absolute atomic E-state index is 12.0. The highest BCUT2D eigenvalue weighted by molar-refractivity contribution is 7.88. The average molecular weight is 519 g/mol. The average Bonchev–Trinajstić information content (AvgIpc) is 3.23. The first kappa shape index (κ1) is 25.8. The molecule has 6 heteroatoms. The van der Waals surface area contributed by atoms with Crippen molar-refractivity contribution in [2.75, 3.05) is 12.8 Å². The molecule has 0 amide bonds. The van der Waals surface area contributed by atoms with E-state index >= 15 is 0 Å². The van der Waals surface area contributed by atoms with Crippen molar-refractivity contribution in [3.05, 3.63) is 11.1 Å². The lowest BCUT2D eigenvalue weighted by Crippen LogP contribution is -2.56. The molecule has 0 radical (unpaired) electrons. The van der Waals surface area contributed by atoms with Crippen LogP contribution in [0.1, 0.15) is 98.8 Å². The number of sulfonamides is 1. The van der Waals surface area contributed by atoms with Crippen molar-refractivity contribution in [3.63, 3.8) is 0 Å². The highest BCUT2D eigenvalue weighted by Gasteiger charge is 2.62. The zero-order chi connectivity index (χ0) is 25.7. The molecule has 3 saturated carbocycles. The van der Waals surface area contributed by atoms with Crippen molar-refractivity contribution in [1.29, 1.82) is 0 Å². The highest BCUT2D eigenvalue weighted by atomic mass is 32.2. The molecule has 2 aliphatic heterocycles. The molecule has 6 rings (SSSR count). The SMILES string of the molecule is CC1=C2C[C@H]3[C@@H](CC[C@]4(C)C[C@H](NS(C)(=O)=O)CC[C@]34C)[C@@H]2CC[C@@]2(C1)O[C@@H]1C[C@H](C)CN[C@H]1[C@H]2C. The number of piperidine rings is 1. The lowest BCUT2D eigenvalue weighted by atomic mass is 9.45. The topological polar surface area (TPSA) is 67.4 Å². The van der Waals surface area contributed by atoms with Crippen molar-refractivity contribution in [1.82, 2.24) is 10.0 Å². The van der Waals surface area contributed by atoms with Crippen molar-refractivity contribution >= 4 is 10.0 Å². The lowest BCUT2D eigenvalue weighted by molar-refractivity contribution is -0.106. The molecule has 1 spiro atoms. The Bertz CT molecular complexity index is 1040. The molecule has 36 heavy (non-hydrogen) atoms. The van der Waals surface area contributed by atoms with E-state index < -0.39 is 10.0 Å². The van der Waals surface area contributed by atoms with Crippen LogP contribution in [0.3, 0.4) is 0 Å². The van der Waals surface area contributed by atoms with Crippen LogP contribution in [0.2, 0.25) is 0 Å². The zero-order valence-corrected chi connectivity index (χ0v) is 24.3. The Kier molecular flexibility index (Phi) is 6.12. The molecule has 2 heterocycles. The van der Waals surface area contributed by atoms with Crippen LogP contribution in [0.4, 0.5) is 0 Å². The van der Waals surface area contributed by atoms with E-state index in [9.17, 15) is 8.42 Å². The molecule has 0 aromatic carbocycles. The van der Waals surface area contributed by atoms with E-state index in [1.54, 1.807) is 11.1 Å². The van der Waals surface area contributed by atoms with Crippen molar-refractivity contribution in [2.24, 2.45) is 40.4 Å². The zero-order valence-electron chi connectivity index (χ0n) is 23.5. The van der Waals surface area contributed by atoms with Crippen LogP contribution in [0.5, 0.6) is 0 Å². The summed E-state index contributed by atoms with van der Waals surface area (Å²) >= 11 is 0. The summed E-state index contributed by atoms with van der Waals surface area (Å²) < 4.78 is 33.9. The third-order valence-electron chi connectivity index (χ3n) is 12.7. The molecule has 0 bridgehead atoms.